The van der Waals surface area contributed by atoms with Crippen molar-refractivity contribution in [3.05, 3.63) is 22.4 Å². The Morgan fingerprint density at radius 3 is 2.62 bits per heavy atom. The molecule has 1 aromatic rings. The molecule has 0 saturated heterocycles. The highest BCUT2D eigenvalue weighted by molar-refractivity contribution is 9.10. The summed E-state index contributed by atoms with van der Waals surface area (Å²) in [6.07, 6.45) is 2.37. The van der Waals surface area contributed by atoms with Gasteiger partial charge < -0.3 is 10.0 Å². The van der Waals surface area contributed by atoms with Gasteiger partial charge in [0.15, 0.2) is 14.6 Å². The zero-order chi connectivity index (χ0) is 16.0. The summed E-state index contributed by atoms with van der Waals surface area (Å²) in [5.41, 5.74) is 0.781. The molecule has 0 spiro atoms. The minimum Gasteiger partial charge on any atom is -0.480 e. The van der Waals surface area contributed by atoms with Crippen LogP contribution in [0.25, 0.3) is 0 Å². The number of rotatable bonds is 5. The topological polar surface area (TPSA) is 96.7 Å². The molecule has 1 aliphatic heterocycles. The van der Waals surface area contributed by atoms with Crippen molar-refractivity contribution in [1.29, 1.82) is 0 Å². The van der Waals surface area contributed by atoms with E-state index in [9.17, 15) is 23.1 Å². The fourth-order valence-corrected chi connectivity index (χ4v) is 3.41. The number of hydrogen-bond donors (Lipinski definition) is 1. The average molecular weight is 379 g/mol. The standard InChI is InChI=1S/C12H15BrN2O5S/c1-12(10(16)17,21(2,19)20)3-4-14-7-9-5-8(13)6-15(9)11(14)18/h5-6H,3-4,7H2,1-2H3,(H,16,17)/t12-/m1/s1. The van der Waals surface area contributed by atoms with Gasteiger partial charge in [0.25, 0.3) is 0 Å². The highest BCUT2D eigenvalue weighted by Crippen LogP contribution is 2.26. The van der Waals surface area contributed by atoms with Gasteiger partial charge in [-0.15, -0.1) is 0 Å². The van der Waals surface area contributed by atoms with Crippen molar-refractivity contribution < 1.29 is 23.1 Å². The molecular weight excluding hydrogens is 364 g/mol. The van der Waals surface area contributed by atoms with Gasteiger partial charge in [0.05, 0.1) is 6.54 Å². The van der Waals surface area contributed by atoms with E-state index in [2.05, 4.69) is 15.9 Å². The lowest BCUT2D eigenvalue weighted by atomic mass is 10.1. The Morgan fingerprint density at radius 2 is 2.14 bits per heavy atom. The average Bonchev–Trinajstić information content (AvgIpc) is 2.83. The quantitative estimate of drug-likeness (QED) is 0.832. The second-order valence-electron chi connectivity index (χ2n) is 5.28. The number of aromatic nitrogens is 1. The number of aliphatic carboxylic acids is 1. The first-order valence-electron chi connectivity index (χ1n) is 6.15. The molecule has 0 unspecified atom stereocenters. The van der Waals surface area contributed by atoms with Crippen molar-refractivity contribution in [3.63, 3.8) is 0 Å². The molecule has 1 amide bonds. The highest BCUT2D eigenvalue weighted by Gasteiger charge is 2.44. The number of carbonyl (C=O) groups excluding carboxylic acids is 1. The molecule has 7 nitrogen and oxygen atoms in total. The SMILES string of the molecule is C[C@@](CCN1Cc2cc(Br)cn2C1=O)(C(=O)O)S(C)(=O)=O. The first-order valence-corrected chi connectivity index (χ1v) is 8.84. The minimum absolute atomic E-state index is 0.0635. The number of carboxylic acid groups (broad SMARTS) is 1. The van der Waals surface area contributed by atoms with Gasteiger partial charge in [-0.1, -0.05) is 0 Å². The van der Waals surface area contributed by atoms with Crippen LogP contribution in [0.1, 0.15) is 19.0 Å². The molecule has 0 radical (unpaired) electrons. The van der Waals surface area contributed by atoms with Crippen LogP contribution in [0, 0.1) is 0 Å². The maximum absolute atomic E-state index is 12.1. The van der Waals surface area contributed by atoms with Crippen molar-refractivity contribution in [2.45, 2.75) is 24.6 Å². The molecule has 9 heteroatoms. The van der Waals surface area contributed by atoms with Crippen molar-refractivity contribution in [3.8, 4) is 0 Å². The maximum atomic E-state index is 12.1. The minimum atomic E-state index is -3.79. The molecule has 0 saturated carbocycles. The molecule has 1 N–H and O–H groups in total. The molecule has 21 heavy (non-hydrogen) atoms. The van der Waals surface area contributed by atoms with Crippen LogP contribution in [-0.4, -0.2) is 52.5 Å². The van der Waals surface area contributed by atoms with Gasteiger partial charge in [0.2, 0.25) is 0 Å². The molecule has 2 rings (SSSR count). The first kappa shape index (κ1) is 16.0. The summed E-state index contributed by atoms with van der Waals surface area (Å²) in [6, 6.07) is 1.52. The Hall–Kier alpha value is -1.35. The number of sulfone groups is 1. The first-order chi connectivity index (χ1) is 9.56. The lowest BCUT2D eigenvalue weighted by Gasteiger charge is -2.25. The van der Waals surface area contributed by atoms with Gasteiger partial charge in [0, 0.05) is 29.2 Å². The largest absolute Gasteiger partial charge is 0.480 e. The van der Waals surface area contributed by atoms with Crippen LogP contribution in [0.15, 0.2) is 16.7 Å². The number of amides is 1. The van der Waals surface area contributed by atoms with Crippen LogP contribution in [0.2, 0.25) is 0 Å². The number of carbonyl (C=O) groups is 2. The lowest BCUT2D eigenvalue weighted by molar-refractivity contribution is -0.139. The molecule has 1 aliphatic rings. The van der Waals surface area contributed by atoms with E-state index in [4.69, 9.17) is 0 Å². The zero-order valence-electron chi connectivity index (χ0n) is 11.5. The van der Waals surface area contributed by atoms with E-state index in [1.165, 1.54) is 16.4 Å². The molecule has 0 bridgehead atoms. The van der Waals surface area contributed by atoms with Crippen LogP contribution in [-0.2, 0) is 21.2 Å². The van der Waals surface area contributed by atoms with Gasteiger partial charge in [0.1, 0.15) is 0 Å². The molecule has 1 aromatic heterocycles. The van der Waals surface area contributed by atoms with Gasteiger partial charge in [-0.05, 0) is 35.3 Å². The number of hydrogen-bond acceptors (Lipinski definition) is 4. The summed E-state index contributed by atoms with van der Waals surface area (Å²) in [7, 11) is -3.79. The number of halogens is 1. The molecule has 0 fully saturated rings. The summed E-state index contributed by atoms with van der Waals surface area (Å²) >= 11 is 3.27. The van der Waals surface area contributed by atoms with Gasteiger partial charge >= 0.3 is 12.0 Å². The maximum Gasteiger partial charge on any atom is 0.328 e. The van der Waals surface area contributed by atoms with Gasteiger partial charge in [-0.25, -0.2) is 13.2 Å². The Balaban J connectivity index is 2.13. The van der Waals surface area contributed by atoms with E-state index in [-0.39, 0.29) is 19.0 Å². The van der Waals surface area contributed by atoms with Gasteiger partial charge in [-0.2, -0.15) is 0 Å². The lowest BCUT2D eigenvalue weighted by Crippen LogP contribution is -2.45. The number of fused-ring (bicyclic) bond motifs is 1. The van der Waals surface area contributed by atoms with Crippen molar-refractivity contribution in [1.82, 2.24) is 9.47 Å². The molecule has 0 aliphatic carbocycles. The van der Waals surface area contributed by atoms with E-state index in [0.717, 1.165) is 16.4 Å². The Kier molecular flexibility index (Phi) is 3.92. The third-order valence-electron chi connectivity index (χ3n) is 3.83. The van der Waals surface area contributed by atoms with Gasteiger partial charge in [-0.3, -0.25) is 9.36 Å². The third kappa shape index (κ3) is 2.71. The number of carboxylic acids is 1. The van der Waals surface area contributed by atoms with Crippen molar-refractivity contribution in [2.24, 2.45) is 0 Å². The summed E-state index contributed by atoms with van der Waals surface area (Å²) < 4.78 is 23.7. The van der Waals surface area contributed by atoms with Crippen LogP contribution >= 0.6 is 15.9 Å². The summed E-state index contributed by atoms with van der Waals surface area (Å²) in [5, 5.41) is 9.18. The van der Waals surface area contributed by atoms with Crippen molar-refractivity contribution >= 4 is 37.8 Å². The zero-order valence-corrected chi connectivity index (χ0v) is 13.9. The predicted molar refractivity (Wildman–Crippen MR) is 78.8 cm³/mol. The predicted octanol–water partition coefficient (Wildman–Crippen LogP) is 1.31. The Labute approximate surface area is 130 Å². The molecular formula is C12H15BrN2O5S. The third-order valence-corrected chi connectivity index (χ3v) is 6.27. The smallest absolute Gasteiger partial charge is 0.328 e. The summed E-state index contributed by atoms with van der Waals surface area (Å²) in [5.74, 6) is -1.40. The summed E-state index contributed by atoms with van der Waals surface area (Å²) in [6.45, 7) is 1.57. The van der Waals surface area contributed by atoms with E-state index < -0.39 is 20.6 Å². The summed E-state index contributed by atoms with van der Waals surface area (Å²) in [4.78, 5) is 24.8. The van der Waals surface area contributed by atoms with Crippen molar-refractivity contribution in [2.75, 3.05) is 12.8 Å². The fourth-order valence-electron chi connectivity index (χ4n) is 2.16. The normalized spacial score (nSPS) is 17.7. The van der Waals surface area contributed by atoms with Crippen LogP contribution in [0.4, 0.5) is 4.79 Å². The van der Waals surface area contributed by atoms with Crippen LogP contribution in [0.5, 0.6) is 0 Å². The monoisotopic (exact) mass is 378 g/mol. The molecule has 116 valence electrons. The van der Waals surface area contributed by atoms with E-state index in [0.29, 0.717) is 6.54 Å². The van der Waals surface area contributed by atoms with E-state index in [1.54, 1.807) is 12.3 Å². The Morgan fingerprint density at radius 1 is 1.52 bits per heavy atom. The molecule has 2 heterocycles. The highest BCUT2D eigenvalue weighted by atomic mass is 79.9. The van der Waals surface area contributed by atoms with E-state index >= 15 is 0 Å². The fraction of sp³-hybridized carbons (Fsp3) is 0.500. The second kappa shape index (κ2) is 5.13. The van der Waals surface area contributed by atoms with Crippen LogP contribution < -0.4 is 0 Å². The second-order valence-corrected chi connectivity index (χ2v) is 8.64. The van der Waals surface area contributed by atoms with Crippen LogP contribution in [0.3, 0.4) is 0 Å². The Bertz CT molecular complexity index is 711. The molecule has 1 atom stereocenters. The molecule has 0 aromatic carbocycles. The number of nitrogens with zero attached hydrogens (tertiary/aromatic N) is 2. The van der Waals surface area contributed by atoms with E-state index in [1.807, 2.05) is 0 Å².